The molecule has 2 aromatic rings. The molecule has 1 N–H and O–H groups in total. The number of anilines is 1. The van der Waals surface area contributed by atoms with Gasteiger partial charge in [0.15, 0.2) is 0 Å². The second kappa shape index (κ2) is 8.95. The van der Waals surface area contributed by atoms with Crippen molar-refractivity contribution >= 4 is 28.3 Å². The maximum absolute atomic E-state index is 13.0. The molecular weight excluding hydrogens is 362 g/mol. The molecule has 0 bridgehead atoms. The number of nitrogens with one attached hydrogen (secondary N) is 1. The minimum atomic E-state index is -0.160. The first kappa shape index (κ1) is 21.3. The summed E-state index contributed by atoms with van der Waals surface area (Å²) < 4.78 is 0.933. The van der Waals surface area contributed by atoms with Gasteiger partial charge in [0, 0.05) is 47.1 Å². The molecule has 0 aromatic heterocycles. The van der Waals surface area contributed by atoms with E-state index < -0.39 is 0 Å². The average Bonchev–Trinajstić information content (AvgIpc) is 2.68. The first-order valence-electron chi connectivity index (χ1n) is 10.8. The molecule has 2 aromatic carbocycles. The van der Waals surface area contributed by atoms with E-state index in [1.807, 2.05) is 30.3 Å². The summed E-state index contributed by atoms with van der Waals surface area (Å²) in [6, 6.07) is 9.63. The van der Waals surface area contributed by atoms with Crippen molar-refractivity contribution in [2.45, 2.75) is 39.0 Å². The van der Waals surface area contributed by atoms with Crippen molar-refractivity contribution in [3.63, 3.8) is 0 Å². The number of carbonyl (C=O) groups excluding carboxylic acids is 2. The fourth-order valence-electron chi connectivity index (χ4n) is 3.98. The molecule has 0 spiro atoms. The summed E-state index contributed by atoms with van der Waals surface area (Å²) in [5.74, 6) is -0.321. The lowest BCUT2D eigenvalue weighted by Gasteiger charge is -2.28. The van der Waals surface area contributed by atoms with Crippen molar-refractivity contribution in [1.29, 1.82) is 0 Å². The van der Waals surface area contributed by atoms with Gasteiger partial charge >= 0.3 is 0 Å². The SMILES string of the molecule is CCCCCCN1C(=O)c2cccc3c(NCCC[N+](C)(C)C)ccc(c23)C1=O. The van der Waals surface area contributed by atoms with Crippen molar-refractivity contribution in [2.24, 2.45) is 0 Å². The molecule has 0 fully saturated rings. The van der Waals surface area contributed by atoms with Crippen LogP contribution >= 0.6 is 0 Å². The van der Waals surface area contributed by atoms with Crippen LogP contribution in [-0.4, -0.2) is 62.0 Å². The Kier molecular flexibility index (Phi) is 6.58. The van der Waals surface area contributed by atoms with Gasteiger partial charge in [-0.25, -0.2) is 0 Å². The van der Waals surface area contributed by atoms with Crippen LogP contribution in [0.2, 0.25) is 0 Å². The van der Waals surface area contributed by atoms with E-state index in [-0.39, 0.29) is 11.8 Å². The van der Waals surface area contributed by atoms with E-state index >= 15 is 0 Å². The molecule has 29 heavy (non-hydrogen) atoms. The maximum atomic E-state index is 13.0. The highest BCUT2D eigenvalue weighted by Gasteiger charge is 2.32. The van der Waals surface area contributed by atoms with Gasteiger partial charge in [0.05, 0.1) is 27.7 Å². The molecule has 5 heteroatoms. The molecule has 0 saturated carbocycles. The third-order valence-electron chi connectivity index (χ3n) is 5.55. The lowest BCUT2D eigenvalue weighted by molar-refractivity contribution is -0.870. The molecule has 3 rings (SSSR count). The summed E-state index contributed by atoms with van der Waals surface area (Å²) in [6.45, 7) is 4.60. The summed E-state index contributed by atoms with van der Waals surface area (Å²) in [4.78, 5) is 27.5. The zero-order chi connectivity index (χ0) is 21.0. The molecule has 0 saturated heterocycles. The van der Waals surface area contributed by atoms with E-state index in [2.05, 4.69) is 33.4 Å². The summed E-state index contributed by atoms with van der Waals surface area (Å²) in [5.41, 5.74) is 2.27. The van der Waals surface area contributed by atoms with Gasteiger partial charge in [-0.3, -0.25) is 14.5 Å². The lowest BCUT2D eigenvalue weighted by Crippen LogP contribution is -2.40. The van der Waals surface area contributed by atoms with Gasteiger partial charge in [0.1, 0.15) is 0 Å². The third kappa shape index (κ3) is 4.78. The number of rotatable bonds is 10. The lowest BCUT2D eigenvalue weighted by atomic mass is 9.92. The van der Waals surface area contributed by atoms with E-state index in [1.165, 1.54) is 4.90 Å². The topological polar surface area (TPSA) is 49.4 Å². The van der Waals surface area contributed by atoms with E-state index in [0.717, 1.165) is 66.1 Å². The summed E-state index contributed by atoms with van der Waals surface area (Å²) in [5, 5.41) is 5.26. The number of hydrogen-bond acceptors (Lipinski definition) is 3. The number of amides is 2. The van der Waals surface area contributed by atoms with E-state index in [9.17, 15) is 9.59 Å². The zero-order valence-electron chi connectivity index (χ0n) is 18.3. The van der Waals surface area contributed by atoms with Gasteiger partial charge < -0.3 is 9.80 Å². The number of quaternary nitrogens is 1. The Hall–Kier alpha value is -2.40. The second-order valence-electron chi connectivity index (χ2n) is 9.01. The molecule has 156 valence electrons. The van der Waals surface area contributed by atoms with Gasteiger partial charge in [0.2, 0.25) is 0 Å². The van der Waals surface area contributed by atoms with E-state index in [1.54, 1.807) is 0 Å². The minimum Gasteiger partial charge on any atom is -0.384 e. The smallest absolute Gasteiger partial charge is 0.261 e. The largest absolute Gasteiger partial charge is 0.384 e. The average molecular weight is 397 g/mol. The van der Waals surface area contributed by atoms with Gasteiger partial charge in [-0.15, -0.1) is 0 Å². The van der Waals surface area contributed by atoms with Crippen LogP contribution in [0.15, 0.2) is 30.3 Å². The number of unbranched alkanes of at least 4 members (excludes halogenated alkanes) is 3. The molecule has 1 heterocycles. The van der Waals surface area contributed by atoms with Crippen molar-refractivity contribution in [3.8, 4) is 0 Å². The number of nitrogens with zero attached hydrogens (tertiary/aromatic N) is 2. The van der Waals surface area contributed by atoms with Crippen LogP contribution in [0.4, 0.5) is 5.69 Å². The predicted molar refractivity (Wildman–Crippen MR) is 119 cm³/mol. The second-order valence-corrected chi connectivity index (χ2v) is 9.01. The van der Waals surface area contributed by atoms with Crippen LogP contribution in [0.5, 0.6) is 0 Å². The fourth-order valence-corrected chi connectivity index (χ4v) is 3.98. The van der Waals surface area contributed by atoms with Crippen molar-refractivity contribution in [2.75, 3.05) is 46.1 Å². The number of imide groups is 1. The number of hydrogen-bond donors (Lipinski definition) is 1. The third-order valence-corrected chi connectivity index (χ3v) is 5.55. The maximum Gasteiger partial charge on any atom is 0.261 e. The predicted octanol–water partition coefficient (Wildman–Crippen LogP) is 4.52. The number of carbonyl (C=O) groups is 2. The Labute approximate surface area is 174 Å². The molecule has 2 amide bonds. The number of benzene rings is 2. The Morgan fingerprint density at radius 2 is 1.62 bits per heavy atom. The molecule has 1 aliphatic rings. The van der Waals surface area contributed by atoms with E-state index in [4.69, 9.17) is 0 Å². The van der Waals surface area contributed by atoms with Crippen LogP contribution in [0.25, 0.3) is 10.8 Å². The standard InChI is InChI=1S/C24H33N3O2/c1-5-6-7-8-16-26-23(28)19-12-9-11-18-21(25-15-10-17-27(2,3)4)14-13-20(22(18)19)24(26)29/h9,11-14H,5-8,10,15-17H2,1-4H3/p+1. The summed E-state index contributed by atoms with van der Waals surface area (Å²) in [7, 11) is 6.56. The van der Waals surface area contributed by atoms with Crippen molar-refractivity contribution in [3.05, 3.63) is 41.5 Å². The first-order valence-corrected chi connectivity index (χ1v) is 10.8. The van der Waals surface area contributed by atoms with Crippen molar-refractivity contribution in [1.82, 2.24) is 4.90 Å². The van der Waals surface area contributed by atoms with Crippen LogP contribution in [0, 0.1) is 0 Å². The highest BCUT2D eigenvalue weighted by atomic mass is 16.2. The Morgan fingerprint density at radius 1 is 0.897 bits per heavy atom. The van der Waals surface area contributed by atoms with Crippen molar-refractivity contribution < 1.29 is 14.1 Å². The quantitative estimate of drug-likeness (QED) is 0.365. The molecule has 5 nitrogen and oxygen atoms in total. The first-order chi connectivity index (χ1) is 13.8. The minimum absolute atomic E-state index is 0.160. The van der Waals surface area contributed by atoms with Gasteiger partial charge in [-0.05, 0) is 24.6 Å². The Morgan fingerprint density at radius 3 is 2.31 bits per heavy atom. The zero-order valence-corrected chi connectivity index (χ0v) is 18.3. The Bertz CT molecular complexity index is 877. The summed E-state index contributed by atoms with van der Waals surface area (Å²) in [6.07, 6.45) is 5.22. The normalized spacial score (nSPS) is 14.0. The van der Waals surface area contributed by atoms with Gasteiger partial charge in [-0.1, -0.05) is 38.3 Å². The highest BCUT2D eigenvalue weighted by molar-refractivity contribution is 6.26. The molecule has 0 aliphatic carbocycles. The summed E-state index contributed by atoms with van der Waals surface area (Å²) >= 11 is 0. The monoisotopic (exact) mass is 396 g/mol. The molecule has 0 atom stereocenters. The van der Waals surface area contributed by atoms with Crippen LogP contribution < -0.4 is 5.32 Å². The van der Waals surface area contributed by atoms with Crippen LogP contribution in [0.1, 0.15) is 59.7 Å². The highest BCUT2D eigenvalue weighted by Crippen LogP contribution is 2.34. The fraction of sp³-hybridized carbons (Fsp3) is 0.500. The van der Waals surface area contributed by atoms with Crippen LogP contribution in [0.3, 0.4) is 0 Å². The molecular formula is C24H34N3O2+. The van der Waals surface area contributed by atoms with Crippen LogP contribution in [-0.2, 0) is 0 Å². The van der Waals surface area contributed by atoms with Gasteiger partial charge in [0.25, 0.3) is 11.8 Å². The van der Waals surface area contributed by atoms with E-state index in [0.29, 0.717) is 17.7 Å². The molecule has 0 unspecified atom stereocenters. The Balaban J connectivity index is 1.83. The molecule has 1 aliphatic heterocycles. The van der Waals surface area contributed by atoms with Gasteiger partial charge in [-0.2, -0.15) is 0 Å². The molecule has 0 radical (unpaired) electrons.